The molecule has 1 aromatic heterocycles. The summed E-state index contributed by atoms with van der Waals surface area (Å²) < 4.78 is 15.5. The van der Waals surface area contributed by atoms with Crippen LogP contribution >= 0.6 is 0 Å². The number of fused-ring (bicyclic) bond motifs is 1. The molecule has 8 nitrogen and oxygen atoms in total. The van der Waals surface area contributed by atoms with E-state index < -0.39 is 23.4 Å². The van der Waals surface area contributed by atoms with Gasteiger partial charge in [0, 0.05) is 54.9 Å². The molecule has 184 valence electrons. The molecule has 2 N–H and O–H groups in total. The van der Waals surface area contributed by atoms with Crippen molar-refractivity contribution in [2.45, 2.75) is 57.8 Å². The van der Waals surface area contributed by atoms with E-state index in [0.717, 1.165) is 13.0 Å². The van der Waals surface area contributed by atoms with Gasteiger partial charge in [0.05, 0.1) is 5.60 Å². The zero-order valence-electron chi connectivity index (χ0n) is 19.9. The zero-order valence-corrected chi connectivity index (χ0v) is 19.9. The number of carbonyl (C=O) groups excluding carboxylic acids is 3. The van der Waals surface area contributed by atoms with Gasteiger partial charge in [0.1, 0.15) is 11.7 Å². The second-order valence-electron chi connectivity index (χ2n) is 10.3. The maximum atomic E-state index is 15.5. The lowest BCUT2D eigenvalue weighted by molar-refractivity contribution is -0.136. The van der Waals surface area contributed by atoms with Gasteiger partial charge in [-0.25, -0.2) is 4.39 Å². The topological polar surface area (TPSA) is 103 Å². The number of nitrogens with one attached hydrogen (secondary N) is 1. The minimum Gasteiger partial charge on any atom is -0.390 e. The van der Waals surface area contributed by atoms with Gasteiger partial charge in [-0.1, -0.05) is 6.07 Å². The summed E-state index contributed by atoms with van der Waals surface area (Å²) in [5.41, 5.74) is 1.74. The number of rotatable bonds is 5. The molecule has 0 spiro atoms. The number of nitrogens with zero attached hydrogens (tertiary/aromatic N) is 3. The van der Waals surface area contributed by atoms with Crippen LogP contribution in [0.5, 0.6) is 0 Å². The van der Waals surface area contributed by atoms with Crippen LogP contribution in [-0.2, 0) is 22.7 Å². The molecule has 3 aliphatic rings. The highest BCUT2D eigenvalue weighted by Crippen LogP contribution is 2.33. The summed E-state index contributed by atoms with van der Waals surface area (Å²) in [5, 5.41) is 12.6. The molecule has 0 aliphatic carbocycles. The van der Waals surface area contributed by atoms with Crippen LogP contribution in [0.2, 0.25) is 0 Å². The SMILES string of the molecule is CC(C)(O)[C@@H]1CCN(Cc2ccnc(-c3ccc4c(c3)CN(C3CCC(=O)NC3=O)C4=O)c2F)C1. The Morgan fingerprint density at radius 3 is 2.71 bits per heavy atom. The lowest BCUT2D eigenvalue weighted by atomic mass is 9.90. The zero-order chi connectivity index (χ0) is 24.9. The van der Waals surface area contributed by atoms with Gasteiger partial charge in [0.2, 0.25) is 11.8 Å². The van der Waals surface area contributed by atoms with E-state index in [1.165, 1.54) is 4.90 Å². The number of carbonyl (C=O) groups is 3. The molecule has 2 aromatic rings. The van der Waals surface area contributed by atoms with Crippen molar-refractivity contribution in [1.82, 2.24) is 20.1 Å². The lowest BCUT2D eigenvalue weighted by Crippen LogP contribution is -2.52. The number of halogens is 1. The first-order valence-corrected chi connectivity index (χ1v) is 12.0. The summed E-state index contributed by atoms with van der Waals surface area (Å²) in [6.45, 7) is 5.78. The number of benzene rings is 1. The van der Waals surface area contributed by atoms with Gasteiger partial charge in [-0.3, -0.25) is 29.6 Å². The highest BCUT2D eigenvalue weighted by Gasteiger charge is 2.39. The van der Waals surface area contributed by atoms with Crippen LogP contribution in [0.3, 0.4) is 0 Å². The molecule has 0 radical (unpaired) electrons. The number of hydrogen-bond donors (Lipinski definition) is 2. The fraction of sp³-hybridized carbons (Fsp3) is 0.462. The molecule has 0 saturated carbocycles. The normalized spacial score (nSPS) is 23.1. The maximum Gasteiger partial charge on any atom is 0.255 e. The van der Waals surface area contributed by atoms with Gasteiger partial charge in [0.15, 0.2) is 5.82 Å². The van der Waals surface area contributed by atoms with E-state index in [2.05, 4.69) is 15.2 Å². The Kier molecular flexibility index (Phi) is 5.93. The minimum absolute atomic E-state index is 0.147. The standard InChI is InChI=1S/C26H29FN4O4/c1-26(2,35)18-8-10-30(14-18)12-16-7-9-28-23(22(16)27)15-3-4-19-17(11-15)13-31(25(19)34)20-5-6-21(32)29-24(20)33/h3-4,7,9,11,18,20,35H,5-6,8,10,12-14H2,1-2H3,(H,29,32,33)/t18-,20?/m1/s1. The molecular formula is C26H29FN4O4. The van der Waals surface area contributed by atoms with Crippen molar-refractivity contribution in [3.8, 4) is 11.3 Å². The number of imide groups is 1. The van der Waals surface area contributed by atoms with Crippen LogP contribution < -0.4 is 5.32 Å². The van der Waals surface area contributed by atoms with Crippen LogP contribution in [0, 0.1) is 11.7 Å². The number of likely N-dealkylation sites (tertiary alicyclic amines) is 1. The Bertz CT molecular complexity index is 1210. The number of amides is 3. The second-order valence-corrected chi connectivity index (χ2v) is 10.3. The Labute approximate surface area is 203 Å². The number of hydrogen-bond acceptors (Lipinski definition) is 6. The number of aromatic nitrogens is 1. The average Bonchev–Trinajstić information content (AvgIpc) is 3.40. The molecule has 0 bridgehead atoms. The first-order valence-electron chi connectivity index (χ1n) is 12.0. The van der Waals surface area contributed by atoms with Gasteiger partial charge in [0.25, 0.3) is 5.91 Å². The molecule has 2 fully saturated rings. The first-order chi connectivity index (χ1) is 16.6. The predicted octanol–water partition coefficient (Wildman–Crippen LogP) is 2.24. The molecular weight excluding hydrogens is 451 g/mol. The smallest absolute Gasteiger partial charge is 0.255 e. The van der Waals surface area contributed by atoms with Crippen LogP contribution in [0.4, 0.5) is 4.39 Å². The van der Waals surface area contributed by atoms with Crippen LogP contribution in [0.1, 0.15) is 54.6 Å². The van der Waals surface area contributed by atoms with Gasteiger partial charge in [-0.15, -0.1) is 0 Å². The maximum absolute atomic E-state index is 15.5. The van der Waals surface area contributed by atoms with Crippen molar-refractivity contribution in [3.05, 3.63) is 53.0 Å². The monoisotopic (exact) mass is 480 g/mol. The summed E-state index contributed by atoms with van der Waals surface area (Å²) >= 11 is 0. The molecule has 1 unspecified atom stereocenters. The van der Waals surface area contributed by atoms with Crippen molar-refractivity contribution in [3.63, 3.8) is 0 Å². The third kappa shape index (κ3) is 4.46. The Hall–Kier alpha value is -3.17. The van der Waals surface area contributed by atoms with Gasteiger partial charge >= 0.3 is 0 Å². The summed E-state index contributed by atoms with van der Waals surface area (Å²) in [6.07, 6.45) is 2.94. The molecule has 3 amide bonds. The third-order valence-electron chi connectivity index (χ3n) is 7.43. The molecule has 2 saturated heterocycles. The Morgan fingerprint density at radius 1 is 1.20 bits per heavy atom. The molecule has 9 heteroatoms. The van der Waals surface area contributed by atoms with E-state index in [1.807, 2.05) is 13.8 Å². The lowest BCUT2D eigenvalue weighted by Gasteiger charge is -2.29. The predicted molar refractivity (Wildman–Crippen MR) is 125 cm³/mol. The highest BCUT2D eigenvalue weighted by molar-refractivity contribution is 6.05. The average molecular weight is 481 g/mol. The fourth-order valence-corrected chi connectivity index (χ4v) is 5.32. The Balaban J connectivity index is 1.35. The van der Waals surface area contributed by atoms with Gasteiger partial charge in [-0.05, 0) is 57.0 Å². The molecule has 3 aliphatic heterocycles. The van der Waals surface area contributed by atoms with Crippen molar-refractivity contribution >= 4 is 17.7 Å². The number of aliphatic hydroxyl groups is 1. The van der Waals surface area contributed by atoms with E-state index in [9.17, 15) is 19.5 Å². The minimum atomic E-state index is -0.764. The van der Waals surface area contributed by atoms with Crippen molar-refractivity contribution < 1.29 is 23.9 Å². The summed E-state index contributed by atoms with van der Waals surface area (Å²) in [5.74, 6) is -1.31. The highest BCUT2D eigenvalue weighted by atomic mass is 19.1. The molecule has 35 heavy (non-hydrogen) atoms. The quantitative estimate of drug-likeness (QED) is 0.637. The van der Waals surface area contributed by atoms with Crippen LogP contribution in [-0.4, -0.2) is 62.3 Å². The van der Waals surface area contributed by atoms with Crippen molar-refractivity contribution in [1.29, 1.82) is 0 Å². The summed E-state index contributed by atoms with van der Waals surface area (Å²) in [7, 11) is 0. The molecule has 5 rings (SSSR count). The van der Waals surface area contributed by atoms with Crippen LogP contribution in [0.15, 0.2) is 30.5 Å². The third-order valence-corrected chi connectivity index (χ3v) is 7.43. The van der Waals surface area contributed by atoms with E-state index >= 15 is 4.39 Å². The van der Waals surface area contributed by atoms with Crippen molar-refractivity contribution in [2.24, 2.45) is 5.92 Å². The molecule has 2 atom stereocenters. The fourth-order valence-electron chi connectivity index (χ4n) is 5.32. The summed E-state index contributed by atoms with van der Waals surface area (Å²) in [4.78, 5) is 44.6. The molecule has 4 heterocycles. The summed E-state index contributed by atoms with van der Waals surface area (Å²) in [6, 6.07) is 6.08. The van der Waals surface area contributed by atoms with Crippen LogP contribution in [0.25, 0.3) is 11.3 Å². The van der Waals surface area contributed by atoms with E-state index in [0.29, 0.717) is 41.8 Å². The largest absolute Gasteiger partial charge is 0.390 e. The first kappa shape index (κ1) is 23.6. The Morgan fingerprint density at radius 2 is 2.00 bits per heavy atom. The van der Waals surface area contributed by atoms with Gasteiger partial charge < -0.3 is 10.0 Å². The molecule has 1 aromatic carbocycles. The number of piperidine rings is 1. The van der Waals surface area contributed by atoms with Gasteiger partial charge in [-0.2, -0.15) is 0 Å². The van der Waals surface area contributed by atoms with E-state index in [4.69, 9.17) is 0 Å². The van der Waals surface area contributed by atoms with E-state index in [1.54, 1.807) is 30.5 Å². The second kappa shape index (κ2) is 8.80. The number of pyridine rings is 1. The van der Waals surface area contributed by atoms with E-state index in [-0.39, 0.29) is 36.4 Å². The van der Waals surface area contributed by atoms with Crippen molar-refractivity contribution in [2.75, 3.05) is 13.1 Å².